The van der Waals surface area contributed by atoms with Gasteiger partial charge in [0, 0.05) is 0 Å². The standard InChI is InChI=1S/C16H10F6O/c17-15(18,19)14(16(20,21)22)10-2-1-8-5-9-3-4-11(23)7-13(9)12(8)6-10/h1-4,6-7,14,23H,5H2. The lowest BCUT2D eigenvalue weighted by Crippen LogP contribution is -2.34. The van der Waals surface area contributed by atoms with Gasteiger partial charge in [0.2, 0.25) is 0 Å². The molecule has 0 aromatic heterocycles. The average molecular weight is 332 g/mol. The van der Waals surface area contributed by atoms with E-state index in [1.54, 1.807) is 6.07 Å². The maximum absolute atomic E-state index is 12.9. The fraction of sp³-hybridized carbons (Fsp3) is 0.250. The predicted molar refractivity (Wildman–Crippen MR) is 71.2 cm³/mol. The Morgan fingerprint density at radius 1 is 0.783 bits per heavy atom. The van der Waals surface area contributed by atoms with Gasteiger partial charge in [0.25, 0.3) is 0 Å². The minimum Gasteiger partial charge on any atom is -0.508 e. The number of fused-ring (bicyclic) bond motifs is 3. The molecule has 0 amide bonds. The summed E-state index contributed by atoms with van der Waals surface area (Å²) in [5, 5.41) is 9.50. The van der Waals surface area contributed by atoms with Crippen molar-refractivity contribution in [1.29, 1.82) is 0 Å². The summed E-state index contributed by atoms with van der Waals surface area (Å²) >= 11 is 0. The molecule has 0 bridgehead atoms. The molecule has 23 heavy (non-hydrogen) atoms. The molecule has 1 nitrogen and oxygen atoms in total. The molecule has 2 aromatic carbocycles. The molecule has 1 aliphatic carbocycles. The maximum atomic E-state index is 12.9. The van der Waals surface area contributed by atoms with Crippen molar-refractivity contribution in [3.63, 3.8) is 0 Å². The number of alkyl halides is 6. The van der Waals surface area contributed by atoms with Crippen molar-refractivity contribution < 1.29 is 31.4 Å². The third kappa shape index (κ3) is 2.75. The van der Waals surface area contributed by atoms with Crippen LogP contribution in [-0.2, 0) is 6.42 Å². The van der Waals surface area contributed by atoms with Crippen LogP contribution in [0.5, 0.6) is 5.75 Å². The normalized spacial score (nSPS) is 14.0. The Bertz CT molecular complexity index is 746. The molecule has 1 aliphatic rings. The second-order valence-electron chi connectivity index (χ2n) is 5.45. The summed E-state index contributed by atoms with van der Waals surface area (Å²) in [6.45, 7) is 0. The van der Waals surface area contributed by atoms with E-state index in [0.29, 0.717) is 23.1 Å². The molecule has 0 saturated heterocycles. The molecule has 2 aromatic rings. The third-order valence-corrected chi connectivity index (χ3v) is 3.89. The van der Waals surface area contributed by atoms with Crippen molar-refractivity contribution in [2.24, 2.45) is 0 Å². The predicted octanol–water partition coefficient (Wildman–Crippen LogP) is 5.17. The van der Waals surface area contributed by atoms with E-state index in [4.69, 9.17) is 0 Å². The first kappa shape index (κ1) is 15.7. The van der Waals surface area contributed by atoms with Crippen LogP contribution in [0.25, 0.3) is 11.1 Å². The van der Waals surface area contributed by atoms with Gasteiger partial charge in [0.05, 0.1) is 0 Å². The fourth-order valence-corrected chi connectivity index (χ4v) is 2.92. The van der Waals surface area contributed by atoms with Gasteiger partial charge in [-0.2, -0.15) is 26.3 Å². The number of hydrogen-bond acceptors (Lipinski definition) is 1. The molecule has 0 atom stereocenters. The van der Waals surface area contributed by atoms with Gasteiger partial charge in [-0.15, -0.1) is 0 Å². The number of phenols is 1. The number of halogens is 6. The van der Waals surface area contributed by atoms with Crippen LogP contribution >= 0.6 is 0 Å². The van der Waals surface area contributed by atoms with Gasteiger partial charge in [-0.3, -0.25) is 0 Å². The minimum atomic E-state index is -5.42. The molecule has 3 rings (SSSR count). The van der Waals surface area contributed by atoms with E-state index in [2.05, 4.69) is 0 Å². The Kier molecular flexibility index (Phi) is 3.35. The van der Waals surface area contributed by atoms with Crippen LogP contribution in [0.1, 0.15) is 22.6 Å². The van der Waals surface area contributed by atoms with Crippen LogP contribution < -0.4 is 0 Å². The average Bonchev–Trinajstić information content (AvgIpc) is 2.73. The second-order valence-corrected chi connectivity index (χ2v) is 5.45. The highest BCUT2D eigenvalue weighted by molar-refractivity contribution is 5.78. The zero-order valence-electron chi connectivity index (χ0n) is 11.5. The number of benzene rings is 2. The van der Waals surface area contributed by atoms with E-state index in [-0.39, 0.29) is 5.75 Å². The minimum absolute atomic E-state index is 0.0924. The SMILES string of the molecule is Oc1ccc2c(c1)-c1cc(C(C(F)(F)F)C(F)(F)F)ccc1C2. The molecule has 0 fully saturated rings. The Hall–Kier alpha value is -2.18. The highest BCUT2D eigenvalue weighted by atomic mass is 19.4. The lowest BCUT2D eigenvalue weighted by Gasteiger charge is -2.23. The van der Waals surface area contributed by atoms with Gasteiger partial charge in [-0.25, -0.2) is 0 Å². The van der Waals surface area contributed by atoms with E-state index >= 15 is 0 Å². The van der Waals surface area contributed by atoms with Gasteiger partial charge in [0.1, 0.15) is 5.75 Å². The van der Waals surface area contributed by atoms with Crippen LogP contribution in [0.3, 0.4) is 0 Å². The van der Waals surface area contributed by atoms with E-state index in [9.17, 15) is 31.4 Å². The smallest absolute Gasteiger partial charge is 0.404 e. The summed E-state index contributed by atoms with van der Waals surface area (Å²) in [4.78, 5) is 0. The van der Waals surface area contributed by atoms with Crippen molar-refractivity contribution >= 4 is 0 Å². The Morgan fingerprint density at radius 3 is 1.87 bits per heavy atom. The Labute approximate surface area is 127 Å². The maximum Gasteiger partial charge on any atom is 0.404 e. The summed E-state index contributed by atoms with van der Waals surface area (Å²) < 4.78 is 77.1. The number of aromatic hydroxyl groups is 1. The molecule has 122 valence electrons. The first-order chi connectivity index (χ1) is 10.6. The van der Waals surface area contributed by atoms with E-state index < -0.39 is 23.8 Å². The van der Waals surface area contributed by atoms with Gasteiger partial charge in [-0.1, -0.05) is 18.2 Å². The Balaban J connectivity index is 2.14. The summed E-state index contributed by atoms with van der Waals surface area (Å²) in [5.74, 6) is -3.62. The van der Waals surface area contributed by atoms with Gasteiger partial charge >= 0.3 is 12.4 Å². The topological polar surface area (TPSA) is 20.2 Å². The van der Waals surface area contributed by atoms with Crippen molar-refractivity contribution in [2.75, 3.05) is 0 Å². The summed E-state index contributed by atoms with van der Waals surface area (Å²) in [5.41, 5.74) is 1.31. The number of hydrogen-bond donors (Lipinski definition) is 1. The third-order valence-electron chi connectivity index (χ3n) is 3.89. The molecule has 0 saturated carbocycles. The lowest BCUT2D eigenvalue weighted by molar-refractivity contribution is -0.253. The summed E-state index contributed by atoms with van der Waals surface area (Å²) in [6.07, 6.45) is -10.4. The van der Waals surface area contributed by atoms with E-state index in [1.807, 2.05) is 0 Å². The largest absolute Gasteiger partial charge is 0.508 e. The molecular formula is C16H10F6O. The molecule has 0 unspecified atom stereocenters. The van der Waals surface area contributed by atoms with Crippen LogP contribution in [-0.4, -0.2) is 17.5 Å². The molecule has 1 N–H and O–H groups in total. The van der Waals surface area contributed by atoms with Crippen molar-refractivity contribution in [2.45, 2.75) is 24.7 Å². The number of phenolic OH excluding ortho intramolecular Hbond substituents is 1. The molecular weight excluding hydrogens is 322 g/mol. The first-order valence-electron chi connectivity index (χ1n) is 6.66. The highest BCUT2D eigenvalue weighted by Gasteiger charge is 2.57. The van der Waals surface area contributed by atoms with Crippen LogP contribution in [0.4, 0.5) is 26.3 Å². The molecule has 0 heterocycles. The summed E-state index contributed by atoms with van der Waals surface area (Å²) in [7, 11) is 0. The van der Waals surface area contributed by atoms with E-state index in [0.717, 1.165) is 17.7 Å². The van der Waals surface area contributed by atoms with Crippen LogP contribution in [0.15, 0.2) is 36.4 Å². The number of rotatable bonds is 1. The Morgan fingerprint density at radius 2 is 1.30 bits per heavy atom. The first-order valence-corrected chi connectivity index (χ1v) is 6.66. The van der Waals surface area contributed by atoms with Crippen molar-refractivity contribution in [3.05, 3.63) is 53.1 Å². The lowest BCUT2D eigenvalue weighted by atomic mass is 9.93. The zero-order chi connectivity index (χ0) is 17.0. The molecule has 7 heteroatoms. The second kappa shape index (κ2) is 4.91. The van der Waals surface area contributed by atoms with Crippen molar-refractivity contribution in [1.82, 2.24) is 0 Å². The monoisotopic (exact) mass is 332 g/mol. The van der Waals surface area contributed by atoms with Gasteiger partial charge in [0.15, 0.2) is 5.92 Å². The zero-order valence-corrected chi connectivity index (χ0v) is 11.5. The fourth-order valence-electron chi connectivity index (χ4n) is 2.92. The molecule has 0 radical (unpaired) electrons. The van der Waals surface area contributed by atoms with E-state index in [1.165, 1.54) is 18.2 Å². The quantitative estimate of drug-likeness (QED) is 0.610. The highest BCUT2D eigenvalue weighted by Crippen LogP contribution is 2.48. The molecule has 0 aliphatic heterocycles. The van der Waals surface area contributed by atoms with Gasteiger partial charge < -0.3 is 5.11 Å². The van der Waals surface area contributed by atoms with Crippen LogP contribution in [0, 0.1) is 0 Å². The summed E-state index contributed by atoms with van der Waals surface area (Å²) in [6, 6.07) is 7.46. The van der Waals surface area contributed by atoms with Crippen molar-refractivity contribution in [3.8, 4) is 16.9 Å². The van der Waals surface area contributed by atoms with Gasteiger partial charge in [-0.05, 0) is 52.4 Å². The molecule has 0 spiro atoms. The van der Waals surface area contributed by atoms with Crippen LogP contribution in [0.2, 0.25) is 0 Å².